The van der Waals surface area contributed by atoms with Crippen LogP contribution in [0.4, 0.5) is 0 Å². The number of ether oxygens (including phenoxy) is 3. The lowest BCUT2D eigenvalue weighted by Gasteiger charge is -2.75. The molecular weight excluding hydrogens is 404 g/mol. The van der Waals surface area contributed by atoms with E-state index in [2.05, 4.69) is 48.0 Å². The van der Waals surface area contributed by atoms with Gasteiger partial charge in [-0.1, -0.05) is 25.0 Å². The zero-order valence-corrected chi connectivity index (χ0v) is 19.9. The maximum atomic E-state index is 9.48. The molecule has 0 N–H and O–H groups in total. The highest BCUT2D eigenvalue weighted by molar-refractivity contribution is 5.63. The third-order valence-corrected chi connectivity index (χ3v) is 10.6. The van der Waals surface area contributed by atoms with Gasteiger partial charge in [-0.25, -0.2) is 0 Å². The van der Waals surface area contributed by atoms with Crippen molar-refractivity contribution in [3.63, 3.8) is 0 Å². The Balaban J connectivity index is 1.66. The number of fused-ring (bicyclic) bond motifs is 2. The molecule has 1 aromatic rings. The molecule has 4 aliphatic carbocycles. The summed E-state index contributed by atoms with van der Waals surface area (Å²) in [6, 6.07) is 4.80. The Morgan fingerprint density at radius 1 is 1.31 bits per heavy atom. The van der Waals surface area contributed by atoms with Gasteiger partial charge in [-0.3, -0.25) is 0 Å². The van der Waals surface area contributed by atoms with Crippen LogP contribution in [0.5, 0.6) is 11.5 Å². The van der Waals surface area contributed by atoms with Crippen LogP contribution in [0, 0.1) is 11.3 Å². The summed E-state index contributed by atoms with van der Waals surface area (Å²) < 4.78 is 19.4. The summed E-state index contributed by atoms with van der Waals surface area (Å²) in [5, 5.41) is 4.41. The van der Waals surface area contributed by atoms with E-state index in [4.69, 9.17) is 14.2 Å². The van der Waals surface area contributed by atoms with Crippen LogP contribution in [-0.4, -0.2) is 56.0 Å². The molecule has 1 unspecified atom stereocenters. The zero-order chi connectivity index (χ0) is 22.5. The van der Waals surface area contributed by atoms with Crippen molar-refractivity contribution in [2.45, 2.75) is 81.1 Å². The molecule has 1 saturated heterocycles. The first kappa shape index (κ1) is 20.6. The van der Waals surface area contributed by atoms with Crippen molar-refractivity contribution in [1.82, 2.24) is 4.90 Å². The zero-order valence-electron chi connectivity index (χ0n) is 19.9. The van der Waals surface area contributed by atoms with E-state index in [0.29, 0.717) is 6.04 Å². The summed E-state index contributed by atoms with van der Waals surface area (Å²) in [4.78, 5) is 5.89. The Kier molecular flexibility index (Phi) is 4.09. The predicted octanol–water partition coefficient (Wildman–Crippen LogP) is 4.62. The molecule has 7 rings (SSSR count). The lowest BCUT2D eigenvalue weighted by atomic mass is 9.33. The Bertz CT molecular complexity index is 1040. The van der Waals surface area contributed by atoms with Gasteiger partial charge in [0.15, 0.2) is 11.5 Å². The molecule has 0 radical (unpaired) electrons. The molecule has 3 saturated carbocycles. The van der Waals surface area contributed by atoms with Gasteiger partial charge in [0, 0.05) is 40.4 Å². The van der Waals surface area contributed by atoms with Gasteiger partial charge in [-0.05, 0) is 69.3 Å². The minimum Gasteiger partial charge on any atom is -0.493 e. The van der Waals surface area contributed by atoms with Crippen molar-refractivity contribution in [2.24, 2.45) is 16.4 Å². The first-order valence-electron chi connectivity index (χ1n) is 12.1. The monoisotopic (exact) mass is 438 g/mol. The summed E-state index contributed by atoms with van der Waals surface area (Å²) >= 11 is 0. The Hall–Kier alpha value is -1.95. The molecule has 172 valence electrons. The van der Waals surface area contributed by atoms with Crippen LogP contribution < -0.4 is 9.47 Å². The molecule has 7 heteroatoms. The Labute approximate surface area is 190 Å². The summed E-state index contributed by atoms with van der Waals surface area (Å²) in [6.07, 6.45) is 5.87. The second-order valence-corrected chi connectivity index (χ2v) is 11.0. The third kappa shape index (κ3) is 1.97. The second kappa shape index (κ2) is 6.34. The number of benzene rings is 1. The van der Waals surface area contributed by atoms with Crippen LogP contribution >= 0.6 is 0 Å². The van der Waals surface area contributed by atoms with E-state index in [-0.39, 0.29) is 22.9 Å². The number of piperidine rings is 1. The summed E-state index contributed by atoms with van der Waals surface area (Å²) in [5.74, 6) is 1.87. The SMILES string of the molecule is CCC(C)(N=[N+]=[N-])[C@H]1C[C@@]23CC[C@]1(OC)[C@@H]1Oc4c(OC)ccc5c4[C@@]12CCN(C)[C@@H]3C5. The normalized spacial score (nSPS) is 42.5. The van der Waals surface area contributed by atoms with Crippen LogP contribution in [0.2, 0.25) is 0 Å². The second-order valence-electron chi connectivity index (χ2n) is 11.0. The van der Waals surface area contributed by atoms with Crippen molar-refractivity contribution >= 4 is 0 Å². The molecule has 2 aliphatic heterocycles. The highest BCUT2D eigenvalue weighted by atomic mass is 16.6. The van der Waals surface area contributed by atoms with Crippen molar-refractivity contribution in [3.05, 3.63) is 33.7 Å². The number of azide groups is 1. The molecule has 7 nitrogen and oxygen atoms in total. The van der Waals surface area contributed by atoms with Crippen LogP contribution in [0.1, 0.15) is 57.1 Å². The number of hydrogen-bond donors (Lipinski definition) is 0. The van der Waals surface area contributed by atoms with E-state index in [0.717, 1.165) is 56.6 Å². The quantitative estimate of drug-likeness (QED) is 0.382. The third-order valence-electron chi connectivity index (χ3n) is 10.6. The van der Waals surface area contributed by atoms with E-state index in [1.807, 2.05) is 7.11 Å². The number of rotatable bonds is 5. The summed E-state index contributed by atoms with van der Waals surface area (Å²) in [6.45, 7) is 5.32. The van der Waals surface area contributed by atoms with Gasteiger partial charge in [-0.2, -0.15) is 0 Å². The smallest absolute Gasteiger partial charge is 0.165 e. The van der Waals surface area contributed by atoms with Crippen LogP contribution in [0.15, 0.2) is 17.2 Å². The molecule has 4 bridgehead atoms. The highest BCUT2D eigenvalue weighted by Crippen LogP contribution is 2.77. The molecule has 7 atom stereocenters. The average molecular weight is 439 g/mol. The highest BCUT2D eigenvalue weighted by Gasteiger charge is 2.81. The molecule has 2 heterocycles. The topological polar surface area (TPSA) is 79.7 Å². The summed E-state index contributed by atoms with van der Waals surface area (Å²) in [7, 11) is 5.87. The molecule has 32 heavy (non-hydrogen) atoms. The summed E-state index contributed by atoms with van der Waals surface area (Å²) in [5.41, 5.74) is 11.3. The maximum Gasteiger partial charge on any atom is 0.165 e. The number of likely N-dealkylation sites (N-methyl/N-ethyl adjacent to an activating group) is 1. The largest absolute Gasteiger partial charge is 0.493 e. The Morgan fingerprint density at radius 2 is 2.12 bits per heavy atom. The minimum absolute atomic E-state index is 0.0720. The lowest BCUT2D eigenvalue weighted by Crippen LogP contribution is -2.82. The molecule has 4 fully saturated rings. The van der Waals surface area contributed by atoms with Gasteiger partial charge >= 0.3 is 0 Å². The van der Waals surface area contributed by atoms with Crippen molar-refractivity contribution in [3.8, 4) is 11.5 Å². The van der Waals surface area contributed by atoms with Gasteiger partial charge in [-0.15, -0.1) is 0 Å². The van der Waals surface area contributed by atoms with Gasteiger partial charge < -0.3 is 19.1 Å². The first-order valence-corrected chi connectivity index (χ1v) is 12.1. The fourth-order valence-electron chi connectivity index (χ4n) is 9.05. The molecule has 0 aromatic heterocycles. The maximum absolute atomic E-state index is 9.48. The molecular formula is C25H34N4O3. The standard InChI is InChI=1S/C25H34N4O3/c1-6-22(2,27-28-26)17-14-23-9-10-25(17,31-5)21-24(23)11-12-29(3)18(23)13-15-7-8-16(30-4)20(32-21)19(15)24/h7-8,17-18,21H,6,9-14H2,1-5H3/t17-,18-,21-,22?,23-,24+,25-/m1/s1. The fraction of sp³-hybridized carbons (Fsp3) is 0.760. The van der Waals surface area contributed by atoms with E-state index in [1.54, 1.807) is 7.11 Å². The van der Waals surface area contributed by atoms with E-state index < -0.39 is 11.1 Å². The van der Waals surface area contributed by atoms with Crippen LogP contribution in [0.3, 0.4) is 0 Å². The van der Waals surface area contributed by atoms with Crippen molar-refractivity contribution < 1.29 is 14.2 Å². The van der Waals surface area contributed by atoms with Gasteiger partial charge in [0.1, 0.15) is 11.7 Å². The number of methoxy groups -OCH3 is 2. The molecule has 6 aliphatic rings. The number of nitrogens with zero attached hydrogens (tertiary/aromatic N) is 4. The van der Waals surface area contributed by atoms with Crippen molar-refractivity contribution in [1.29, 1.82) is 0 Å². The molecule has 2 spiro atoms. The minimum atomic E-state index is -0.519. The lowest BCUT2D eigenvalue weighted by molar-refractivity contribution is -0.284. The average Bonchev–Trinajstić information content (AvgIpc) is 3.18. The van der Waals surface area contributed by atoms with E-state index in [1.165, 1.54) is 11.1 Å². The van der Waals surface area contributed by atoms with Crippen molar-refractivity contribution in [2.75, 3.05) is 27.8 Å². The van der Waals surface area contributed by atoms with Crippen LogP contribution in [0.25, 0.3) is 10.4 Å². The van der Waals surface area contributed by atoms with Gasteiger partial charge in [0.2, 0.25) is 0 Å². The predicted molar refractivity (Wildman–Crippen MR) is 121 cm³/mol. The van der Waals surface area contributed by atoms with E-state index in [9.17, 15) is 5.53 Å². The number of hydrogen-bond acceptors (Lipinski definition) is 5. The van der Waals surface area contributed by atoms with Gasteiger partial charge in [0.25, 0.3) is 0 Å². The van der Waals surface area contributed by atoms with E-state index >= 15 is 0 Å². The Morgan fingerprint density at radius 3 is 2.81 bits per heavy atom. The van der Waals surface area contributed by atoms with Crippen LogP contribution in [-0.2, 0) is 16.6 Å². The number of likely N-dealkylation sites (tertiary alicyclic amines) is 1. The molecule has 0 amide bonds. The fourth-order valence-corrected chi connectivity index (χ4v) is 9.05. The first-order chi connectivity index (χ1) is 15.4. The molecule has 1 aromatic carbocycles. The van der Waals surface area contributed by atoms with Gasteiger partial charge in [0.05, 0.1) is 12.6 Å².